The van der Waals surface area contributed by atoms with Gasteiger partial charge < -0.3 is 0 Å². The Hall–Kier alpha value is -1.90. The van der Waals surface area contributed by atoms with Gasteiger partial charge in [-0.25, -0.2) is 4.39 Å². The van der Waals surface area contributed by atoms with Gasteiger partial charge in [0.25, 0.3) is 5.56 Å². The maximum absolute atomic E-state index is 12.9. The van der Waals surface area contributed by atoms with Gasteiger partial charge in [0.15, 0.2) is 0 Å². The predicted octanol–water partition coefficient (Wildman–Crippen LogP) is 1.78. The van der Waals surface area contributed by atoms with E-state index in [0.29, 0.717) is 5.69 Å². The highest BCUT2D eigenvalue weighted by atomic mass is 19.1. The van der Waals surface area contributed by atoms with Crippen LogP contribution < -0.4 is 5.56 Å². The van der Waals surface area contributed by atoms with E-state index < -0.39 is 0 Å². The van der Waals surface area contributed by atoms with Gasteiger partial charge in [-0.15, -0.1) is 0 Å². The van der Waals surface area contributed by atoms with Crippen LogP contribution in [0.2, 0.25) is 0 Å². The highest BCUT2D eigenvalue weighted by Crippen LogP contribution is 2.06. The number of aromatic nitrogens is 1. The summed E-state index contributed by atoms with van der Waals surface area (Å²) in [5, 5.41) is 0. The molecule has 2 rings (SSSR count). The van der Waals surface area contributed by atoms with E-state index in [4.69, 9.17) is 0 Å². The van der Waals surface area contributed by atoms with E-state index in [9.17, 15) is 9.18 Å². The maximum atomic E-state index is 12.9. The van der Waals surface area contributed by atoms with Gasteiger partial charge in [0.05, 0.1) is 5.69 Å². The molecule has 0 atom stereocenters. The lowest BCUT2D eigenvalue weighted by Gasteiger charge is -2.03. The van der Waals surface area contributed by atoms with Gasteiger partial charge >= 0.3 is 0 Å². The van der Waals surface area contributed by atoms with Crippen molar-refractivity contribution in [1.82, 2.24) is 4.57 Å². The zero-order valence-electron chi connectivity index (χ0n) is 7.27. The summed E-state index contributed by atoms with van der Waals surface area (Å²) in [4.78, 5) is 11.4. The van der Waals surface area contributed by atoms with Crippen LogP contribution in [0.4, 0.5) is 4.39 Å². The van der Waals surface area contributed by atoms with Crippen LogP contribution in [0.1, 0.15) is 0 Å². The minimum atomic E-state index is -0.363. The standard InChI is InChI=1S/C11H7FNO/c12-9-4-3-5-10(8-9)13-7-2-1-6-11(13)14/h1,3-8H. The van der Waals surface area contributed by atoms with Crippen LogP contribution in [0.5, 0.6) is 0 Å². The molecule has 69 valence electrons. The second kappa shape index (κ2) is 3.46. The van der Waals surface area contributed by atoms with Crippen molar-refractivity contribution in [3.05, 3.63) is 64.8 Å². The van der Waals surface area contributed by atoms with E-state index in [0.717, 1.165) is 0 Å². The normalized spacial score (nSPS) is 10.1. The third-order valence-electron chi connectivity index (χ3n) is 1.85. The summed E-state index contributed by atoms with van der Waals surface area (Å²) < 4.78 is 14.2. The van der Waals surface area contributed by atoms with E-state index in [1.165, 1.54) is 35.0 Å². The highest BCUT2D eigenvalue weighted by Gasteiger charge is 1.98. The molecule has 2 nitrogen and oxygen atoms in total. The zero-order chi connectivity index (χ0) is 9.97. The van der Waals surface area contributed by atoms with E-state index in [1.807, 2.05) is 0 Å². The molecule has 0 spiro atoms. The monoisotopic (exact) mass is 188 g/mol. The van der Waals surface area contributed by atoms with Gasteiger partial charge in [0, 0.05) is 18.3 Å². The van der Waals surface area contributed by atoms with Crippen molar-refractivity contribution < 1.29 is 4.39 Å². The molecule has 14 heavy (non-hydrogen) atoms. The number of rotatable bonds is 1. The molecule has 1 aromatic heterocycles. The smallest absolute Gasteiger partial charge is 0.255 e. The average molecular weight is 188 g/mol. The van der Waals surface area contributed by atoms with Crippen LogP contribution >= 0.6 is 0 Å². The topological polar surface area (TPSA) is 22.0 Å². The molecule has 0 saturated carbocycles. The first-order chi connectivity index (χ1) is 6.77. The summed E-state index contributed by atoms with van der Waals surface area (Å²) in [5.74, 6) is -0.363. The van der Waals surface area contributed by atoms with Crippen LogP contribution in [0.15, 0.2) is 47.4 Å². The second-order valence-corrected chi connectivity index (χ2v) is 2.82. The summed E-state index contributed by atoms with van der Waals surface area (Å²) in [6.07, 6.45) is 1.48. The first kappa shape index (κ1) is 8.69. The van der Waals surface area contributed by atoms with Crippen molar-refractivity contribution in [3.63, 3.8) is 0 Å². The average Bonchev–Trinajstić information content (AvgIpc) is 2.18. The molecule has 1 radical (unpaired) electrons. The number of nitrogens with zero attached hydrogens (tertiary/aromatic N) is 1. The fraction of sp³-hybridized carbons (Fsp3) is 0. The van der Waals surface area contributed by atoms with Crippen LogP contribution in [-0.4, -0.2) is 4.57 Å². The Bertz CT molecular complexity index is 504. The summed E-state index contributed by atoms with van der Waals surface area (Å²) in [7, 11) is 0. The summed E-state index contributed by atoms with van der Waals surface area (Å²) >= 11 is 0. The fourth-order valence-corrected chi connectivity index (χ4v) is 1.21. The van der Waals surface area contributed by atoms with Gasteiger partial charge in [0.2, 0.25) is 0 Å². The Labute approximate surface area is 80.2 Å². The van der Waals surface area contributed by atoms with E-state index in [1.54, 1.807) is 12.1 Å². The largest absolute Gasteiger partial charge is 0.284 e. The van der Waals surface area contributed by atoms with Crippen molar-refractivity contribution in [1.29, 1.82) is 0 Å². The van der Waals surface area contributed by atoms with E-state index in [-0.39, 0.29) is 11.4 Å². The second-order valence-electron chi connectivity index (χ2n) is 2.82. The van der Waals surface area contributed by atoms with Crippen LogP contribution in [0.3, 0.4) is 0 Å². The molecule has 0 fully saturated rings. The van der Waals surface area contributed by atoms with Crippen molar-refractivity contribution >= 4 is 0 Å². The van der Waals surface area contributed by atoms with Gasteiger partial charge in [-0.3, -0.25) is 9.36 Å². The van der Waals surface area contributed by atoms with Crippen molar-refractivity contribution in [2.24, 2.45) is 0 Å². The van der Waals surface area contributed by atoms with Crippen LogP contribution in [0.25, 0.3) is 5.69 Å². The summed E-state index contributed by atoms with van der Waals surface area (Å²) in [6, 6.07) is 11.5. The van der Waals surface area contributed by atoms with Gasteiger partial charge in [-0.1, -0.05) is 6.07 Å². The molecule has 0 amide bonds. The third kappa shape index (κ3) is 1.57. The molecule has 1 heterocycles. The molecule has 0 aliphatic carbocycles. The SMILES string of the molecule is O=c1cc[c]cn1-c1cccc(F)c1. The van der Waals surface area contributed by atoms with Crippen molar-refractivity contribution in [2.45, 2.75) is 0 Å². The Morgan fingerprint density at radius 1 is 1.29 bits per heavy atom. The molecular formula is C11H7FNO. The summed E-state index contributed by atoms with van der Waals surface area (Å²) in [5.41, 5.74) is 0.307. The van der Waals surface area contributed by atoms with E-state index >= 15 is 0 Å². The quantitative estimate of drug-likeness (QED) is 0.668. The number of benzene rings is 1. The summed E-state index contributed by atoms with van der Waals surface area (Å²) in [6.45, 7) is 0. The molecular weight excluding hydrogens is 181 g/mol. The maximum Gasteiger partial charge on any atom is 0.255 e. The molecule has 0 saturated heterocycles. The molecule has 0 aliphatic heterocycles. The number of halogens is 1. The lowest BCUT2D eigenvalue weighted by atomic mass is 10.3. The fourth-order valence-electron chi connectivity index (χ4n) is 1.21. The first-order valence-electron chi connectivity index (χ1n) is 4.12. The van der Waals surface area contributed by atoms with Gasteiger partial charge in [0.1, 0.15) is 5.82 Å². The Kier molecular flexibility index (Phi) is 2.14. The van der Waals surface area contributed by atoms with Gasteiger partial charge in [-0.2, -0.15) is 0 Å². The Balaban J connectivity index is 2.61. The molecule has 3 heteroatoms. The minimum absolute atomic E-state index is 0.200. The minimum Gasteiger partial charge on any atom is -0.284 e. The number of hydrogen-bond acceptors (Lipinski definition) is 1. The molecule has 0 N–H and O–H groups in total. The lowest BCUT2D eigenvalue weighted by Crippen LogP contribution is -2.15. The van der Waals surface area contributed by atoms with Crippen molar-refractivity contribution in [3.8, 4) is 5.69 Å². The Morgan fingerprint density at radius 2 is 2.14 bits per heavy atom. The molecule has 1 aromatic carbocycles. The molecule has 0 unspecified atom stereocenters. The van der Waals surface area contributed by atoms with Crippen LogP contribution in [0, 0.1) is 11.9 Å². The highest BCUT2D eigenvalue weighted by molar-refractivity contribution is 5.32. The molecule has 2 aromatic rings. The van der Waals surface area contributed by atoms with Crippen molar-refractivity contribution in [2.75, 3.05) is 0 Å². The predicted molar refractivity (Wildman–Crippen MR) is 50.8 cm³/mol. The van der Waals surface area contributed by atoms with Gasteiger partial charge in [-0.05, 0) is 24.3 Å². The third-order valence-corrected chi connectivity index (χ3v) is 1.85. The van der Waals surface area contributed by atoms with Crippen LogP contribution in [-0.2, 0) is 0 Å². The number of pyridine rings is 1. The Morgan fingerprint density at radius 3 is 2.86 bits per heavy atom. The molecule has 0 bridgehead atoms. The number of hydrogen-bond donors (Lipinski definition) is 0. The zero-order valence-corrected chi connectivity index (χ0v) is 7.27. The lowest BCUT2D eigenvalue weighted by molar-refractivity contribution is 0.626. The molecule has 0 aliphatic rings. The van der Waals surface area contributed by atoms with E-state index in [2.05, 4.69) is 6.07 Å². The first-order valence-corrected chi connectivity index (χ1v) is 4.12.